The highest BCUT2D eigenvalue weighted by molar-refractivity contribution is 5.46. The molecule has 0 bridgehead atoms. The van der Waals surface area contributed by atoms with Crippen molar-refractivity contribution >= 4 is 0 Å². The second-order valence-electron chi connectivity index (χ2n) is 9.49. The molecule has 4 aromatic rings. The zero-order chi connectivity index (χ0) is 28.9. The number of ether oxygens (including phenoxy) is 2. The maximum Gasteiger partial charge on any atom is 0.387 e. The third kappa shape index (κ3) is 7.10. The molecule has 2 aromatic carbocycles. The number of pyridine rings is 2. The molecule has 1 unspecified atom stereocenters. The van der Waals surface area contributed by atoms with Crippen LogP contribution in [0.4, 0.5) is 17.6 Å². The normalized spacial score (nSPS) is 13.1. The molecular weight excluding hydrogens is 530 g/mol. The third-order valence-corrected chi connectivity index (χ3v) is 6.32. The van der Waals surface area contributed by atoms with E-state index in [1.165, 1.54) is 30.7 Å². The molecule has 0 amide bonds. The molecule has 210 valence electrons. The Bertz CT molecular complexity index is 1490. The Morgan fingerprint density at radius 1 is 0.875 bits per heavy atom. The van der Waals surface area contributed by atoms with E-state index in [-0.39, 0.29) is 11.9 Å². The highest BCUT2D eigenvalue weighted by Crippen LogP contribution is 2.36. The zero-order valence-electron chi connectivity index (χ0n) is 21.6. The van der Waals surface area contributed by atoms with E-state index in [0.29, 0.717) is 15.9 Å². The lowest BCUT2D eigenvalue weighted by atomic mass is 9.86. The molecule has 0 aliphatic rings. The quantitative estimate of drug-likeness (QED) is 0.116. The summed E-state index contributed by atoms with van der Waals surface area (Å²) in [6.45, 7) is -2.70. The van der Waals surface area contributed by atoms with E-state index in [9.17, 15) is 28.0 Å². The van der Waals surface area contributed by atoms with Gasteiger partial charge in [0.15, 0.2) is 29.4 Å². The van der Waals surface area contributed by atoms with Crippen molar-refractivity contribution in [2.24, 2.45) is 4.99 Å². The van der Waals surface area contributed by atoms with Crippen LogP contribution in [0.3, 0.4) is 0 Å². The molecule has 4 rings (SSSR count). The molecule has 0 saturated carbocycles. The Kier molecular flexibility index (Phi) is 8.61. The average molecular weight is 558 g/mol. The molecule has 1 atom stereocenters. The van der Waals surface area contributed by atoms with Crippen LogP contribution in [0, 0.1) is 5.21 Å². The number of hydrogen-bond acceptors (Lipinski definition) is 5. The molecule has 0 radical (unpaired) electrons. The first kappa shape index (κ1) is 28.5. The topological polar surface area (TPSA) is 82.9 Å². The summed E-state index contributed by atoms with van der Waals surface area (Å²) >= 11 is 0. The lowest BCUT2D eigenvalue weighted by Crippen LogP contribution is -2.26. The summed E-state index contributed by atoms with van der Waals surface area (Å²) in [5.41, 5.74) is 2.26. The molecule has 1 N–H and O–H groups in total. The van der Waals surface area contributed by atoms with E-state index in [1.54, 1.807) is 24.3 Å². The summed E-state index contributed by atoms with van der Waals surface area (Å²) in [5.74, 6) is -1.67. The van der Waals surface area contributed by atoms with Crippen molar-refractivity contribution in [3.63, 3.8) is 0 Å². The van der Waals surface area contributed by atoms with Crippen molar-refractivity contribution in [2.75, 3.05) is 0 Å². The average Bonchev–Trinajstić information content (AvgIpc) is 2.90. The van der Waals surface area contributed by atoms with Gasteiger partial charge in [-0.1, -0.05) is 42.5 Å². The maximum absolute atomic E-state index is 13.1. The standard InChI is InChI=1S/C29H27F4N3O4/c1-29(2,22-6-4-3-5-7-22)34-26-11-9-21(18-36(26)38)23(16-19-12-14-35(37)15-13-19)20-8-10-24(39-27(30)31)25(17-20)40-28(32)33/h3-15,17-18,23,27-28,38H,16H2,1-2H3. The number of halogens is 4. The van der Waals surface area contributed by atoms with E-state index in [4.69, 9.17) is 4.99 Å². The highest BCUT2D eigenvalue weighted by Gasteiger charge is 2.23. The van der Waals surface area contributed by atoms with Crippen molar-refractivity contribution < 1.29 is 37.0 Å². The summed E-state index contributed by atoms with van der Waals surface area (Å²) in [6.07, 6.45) is 4.35. The summed E-state index contributed by atoms with van der Waals surface area (Å²) in [5, 5.41) is 22.4. The number of benzene rings is 2. The van der Waals surface area contributed by atoms with Gasteiger partial charge in [0.2, 0.25) is 0 Å². The van der Waals surface area contributed by atoms with E-state index in [2.05, 4.69) is 9.47 Å². The minimum atomic E-state index is -3.27. The summed E-state index contributed by atoms with van der Waals surface area (Å²) in [4.78, 5) is 4.70. The van der Waals surface area contributed by atoms with Crippen molar-refractivity contribution in [1.82, 2.24) is 4.73 Å². The van der Waals surface area contributed by atoms with Crippen LogP contribution in [-0.2, 0) is 12.0 Å². The van der Waals surface area contributed by atoms with Gasteiger partial charge in [-0.15, -0.1) is 0 Å². The highest BCUT2D eigenvalue weighted by atomic mass is 19.3. The molecule has 0 fully saturated rings. The van der Waals surface area contributed by atoms with E-state index in [1.807, 2.05) is 44.2 Å². The summed E-state index contributed by atoms with van der Waals surface area (Å²) < 4.78 is 62.2. The monoisotopic (exact) mass is 557 g/mol. The first-order valence-corrected chi connectivity index (χ1v) is 12.3. The lowest BCUT2D eigenvalue weighted by Gasteiger charge is -2.22. The van der Waals surface area contributed by atoms with Crippen LogP contribution in [0.2, 0.25) is 0 Å². The molecule has 2 heterocycles. The van der Waals surface area contributed by atoms with Gasteiger partial charge >= 0.3 is 13.2 Å². The molecule has 7 nitrogen and oxygen atoms in total. The molecule has 40 heavy (non-hydrogen) atoms. The van der Waals surface area contributed by atoms with Crippen molar-refractivity contribution in [1.29, 1.82) is 0 Å². The summed E-state index contributed by atoms with van der Waals surface area (Å²) in [7, 11) is 0. The molecule has 2 aromatic heterocycles. The Morgan fingerprint density at radius 3 is 2.12 bits per heavy atom. The molecule has 0 aliphatic carbocycles. The van der Waals surface area contributed by atoms with Gasteiger partial charge in [-0.3, -0.25) is 4.99 Å². The number of hydrogen-bond donors (Lipinski definition) is 1. The van der Waals surface area contributed by atoms with Gasteiger partial charge < -0.3 is 19.9 Å². The predicted molar refractivity (Wildman–Crippen MR) is 137 cm³/mol. The fraction of sp³-hybridized carbons (Fsp3) is 0.241. The van der Waals surface area contributed by atoms with Gasteiger partial charge in [0.1, 0.15) is 0 Å². The number of aromatic nitrogens is 2. The van der Waals surface area contributed by atoms with Crippen molar-refractivity contribution in [3.05, 3.63) is 124 Å². The molecular formula is C29H27F4N3O4. The van der Waals surface area contributed by atoms with Crippen LogP contribution < -0.4 is 19.7 Å². The van der Waals surface area contributed by atoms with Crippen LogP contribution in [0.25, 0.3) is 0 Å². The molecule has 0 saturated heterocycles. The number of nitrogens with zero attached hydrogens (tertiary/aromatic N) is 3. The van der Waals surface area contributed by atoms with Gasteiger partial charge in [-0.2, -0.15) is 27.0 Å². The van der Waals surface area contributed by atoms with E-state index in [0.717, 1.165) is 21.9 Å². The van der Waals surface area contributed by atoms with Gasteiger partial charge in [0.25, 0.3) is 0 Å². The largest absolute Gasteiger partial charge is 0.619 e. The first-order valence-electron chi connectivity index (χ1n) is 12.3. The Hall–Kier alpha value is -4.54. The van der Waals surface area contributed by atoms with Crippen LogP contribution in [0.5, 0.6) is 11.5 Å². The van der Waals surface area contributed by atoms with Gasteiger partial charge in [0.05, 0.1) is 5.54 Å². The number of rotatable bonds is 10. The first-order chi connectivity index (χ1) is 19.0. The van der Waals surface area contributed by atoms with E-state index >= 15 is 0 Å². The van der Waals surface area contributed by atoms with Crippen LogP contribution >= 0.6 is 0 Å². The smallest absolute Gasteiger partial charge is 0.387 e. The molecule has 11 heteroatoms. The van der Waals surface area contributed by atoms with Gasteiger partial charge in [-0.05, 0) is 60.7 Å². The fourth-order valence-electron chi connectivity index (χ4n) is 4.36. The second-order valence-corrected chi connectivity index (χ2v) is 9.49. The Balaban J connectivity index is 1.78. The van der Waals surface area contributed by atoms with E-state index < -0.39 is 36.2 Å². The third-order valence-electron chi connectivity index (χ3n) is 6.32. The van der Waals surface area contributed by atoms with Crippen molar-refractivity contribution in [2.45, 2.75) is 44.9 Å². The van der Waals surface area contributed by atoms with Crippen LogP contribution in [-0.4, -0.2) is 23.2 Å². The minimum absolute atomic E-state index is 0.269. The van der Waals surface area contributed by atoms with Crippen molar-refractivity contribution in [3.8, 4) is 11.5 Å². The Morgan fingerprint density at radius 2 is 1.50 bits per heavy atom. The fourth-order valence-corrected chi connectivity index (χ4v) is 4.36. The lowest BCUT2D eigenvalue weighted by molar-refractivity contribution is -0.605. The predicted octanol–water partition coefficient (Wildman–Crippen LogP) is 5.77. The zero-order valence-corrected chi connectivity index (χ0v) is 21.6. The second kappa shape index (κ2) is 12.1. The van der Waals surface area contributed by atoms with Gasteiger partial charge in [-0.25, -0.2) is 0 Å². The van der Waals surface area contributed by atoms with Gasteiger partial charge in [0, 0.05) is 24.2 Å². The maximum atomic E-state index is 13.1. The van der Waals surface area contributed by atoms with Crippen LogP contribution in [0.1, 0.15) is 42.0 Å². The Labute approximate surface area is 227 Å². The number of alkyl halides is 4. The molecule has 0 aliphatic heterocycles. The summed E-state index contributed by atoms with van der Waals surface area (Å²) in [6, 6.07) is 19.9. The van der Waals surface area contributed by atoms with Crippen LogP contribution in [0.15, 0.2) is 96.4 Å². The minimum Gasteiger partial charge on any atom is -0.619 e. The SMILES string of the molecule is CC(C)(N=c1ccc(C(Cc2cc[n+]([O-])cc2)c2ccc(OC(F)F)c(OC(F)F)c2)cn1O)c1ccccc1. The molecule has 0 spiro atoms.